The van der Waals surface area contributed by atoms with Gasteiger partial charge in [0.1, 0.15) is 0 Å². The Hall–Kier alpha value is -3.09. The average molecular weight is 353 g/mol. The van der Waals surface area contributed by atoms with Crippen molar-refractivity contribution in [2.75, 3.05) is 55.4 Å². The van der Waals surface area contributed by atoms with Crippen LogP contribution in [0.4, 0.5) is 17.1 Å². The van der Waals surface area contributed by atoms with Crippen LogP contribution in [-0.4, -0.2) is 62.5 Å². The molecule has 0 spiro atoms. The van der Waals surface area contributed by atoms with Crippen LogP contribution in [-0.2, 0) is 4.79 Å². The Labute approximate surface area is 153 Å². The van der Waals surface area contributed by atoms with E-state index in [4.69, 9.17) is 0 Å². The number of nitrogens with one attached hydrogen (secondary N) is 1. The largest absolute Gasteiger partial charge is 0.378 e. The van der Waals surface area contributed by atoms with Crippen LogP contribution in [0.1, 0.15) is 10.4 Å². The fourth-order valence-corrected chi connectivity index (χ4v) is 2.86. The monoisotopic (exact) mass is 353 g/mol. The zero-order valence-corrected chi connectivity index (χ0v) is 15.1. The van der Waals surface area contributed by atoms with E-state index in [-0.39, 0.29) is 5.91 Å². The molecule has 2 heterocycles. The molecule has 1 saturated heterocycles. The highest BCUT2D eigenvalue weighted by Crippen LogP contribution is 2.19. The number of nitrogens with zero attached hydrogens (tertiary/aromatic N) is 4. The average Bonchev–Trinajstić information content (AvgIpc) is 2.68. The molecule has 1 aliphatic heterocycles. The van der Waals surface area contributed by atoms with Gasteiger partial charge in [-0.25, -0.2) is 0 Å². The summed E-state index contributed by atoms with van der Waals surface area (Å²) < 4.78 is 0. The van der Waals surface area contributed by atoms with Crippen molar-refractivity contribution in [1.82, 2.24) is 9.88 Å². The second-order valence-corrected chi connectivity index (χ2v) is 6.46. The van der Waals surface area contributed by atoms with E-state index in [9.17, 15) is 9.59 Å². The molecule has 1 aromatic carbocycles. The maximum Gasteiger partial charge on any atom is 0.257 e. The fraction of sp³-hybridized carbons (Fsp3) is 0.316. The molecule has 1 fully saturated rings. The Balaban J connectivity index is 1.67. The van der Waals surface area contributed by atoms with Gasteiger partial charge in [0.25, 0.3) is 5.91 Å². The van der Waals surface area contributed by atoms with Crippen LogP contribution in [0, 0.1) is 0 Å². The number of benzene rings is 1. The first kappa shape index (κ1) is 17.7. The second kappa shape index (κ2) is 7.86. The zero-order valence-electron chi connectivity index (χ0n) is 15.1. The molecule has 1 aromatic heterocycles. The Morgan fingerprint density at radius 2 is 1.81 bits per heavy atom. The predicted molar refractivity (Wildman–Crippen MR) is 103 cm³/mol. The van der Waals surface area contributed by atoms with Crippen LogP contribution in [0.3, 0.4) is 0 Å². The molecule has 7 nitrogen and oxygen atoms in total. The van der Waals surface area contributed by atoms with Crippen LogP contribution in [0.5, 0.6) is 0 Å². The molecule has 1 aliphatic rings. The molecule has 2 aromatic rings. The van der Waals surface area contributed by atoms with E-state index in [1.165, 1.54) is 0 Å². The van der Waals surface area contributed by atoms with Crippen molar-refractivity contribution in [3.05, 3.63) is 48.3 Å². The van der Waals surface area contributed by atoms with E-state index in [0.717, 1.165) is 36.6 Å². The maximum atomic E-state index is 12.5. The van der Waals surface area contributed by atoms with E-state index in [0.29, 0.717) is 18.7 Å². The van der Waals surface area contributed by atoms with E-state index in [1.54, 1.807) is 17.3 Å². The van der Waals surface area contributed by atoms with Gasteiger partial charge < -0.3 is 20.0 Å². The zero-order chi connectivity index (χ0) is 18.5. The summed E-state index contributed by atoms with van der Waals surface area (Å²) in [5.74, 6) is -0.191. The van der Waals surface area contributed by atoms with Crippen molar-refractivity contribution in [2.45, 2.75) is 0 Å². The number of amides is 2. The van der Waals surface area contributed by atoms with Gasteiger partial charge in [-0.1, -0.05) is 0 Å². The molecule has 0 atom stereocenters. The molecule has 1 N–H and O–H groups in total. The van der Waals surface area contributed by atoms with Crippen LogP contribution in [0.2, 0.25) is 0 Å². The summed E-state index contributed by atoms with van der Waals surface area (Å²) in [6, 6.07) is 9.51. The Kier molecular flexibility index (Phi) is 5.36. The van der Waals surface area contributed by atoms with Gasteiger partial charge in [0.05, 0.1) is 17.4 Å². The summed E-state index contributed by atoms with van der Waals surface area (Å²) in [7, 11) is 3.94. The minimum absolute atomic E-state index is 0.191. The number of hydrogen-bond acceptors (Lipinski definition) is 5. The lowest BCUT2D eigenvalue weighted by molar-refractivity contribution is -0.118. The number of piperazine rings is 1. The molecule has 0 unspecified atom stereocenters. The number of aromatic nitrogens is 1. The van der Waals surface area contributed by atoms with Gasteiger partial charge in [-0.3, -0.25) is 14.6 Å². The topological polar surface area (TPSA) is 68.8 Å². The fourth-order valence-electron chi connectivity index (χ4n) is 2.86. The summed E-state index contributed by atoms with van der Waals surface area (Å²) in [6.07, 6.45) is 4.19. The first-order valence-corrected chi connectivity index (χ1v) is 8.55. The van der Waals surface area contributed by atoms with Crippen molar-refractivity contribution in [1.29, 1.82) is 0 Å². The lowest BCUT2D eigenvalue weighted by Crippen LogP contribution is -2.45. The van der Waals surface area contributed by atoms with Crippen molar-refractivity contribution in [3.63, 3.8) is 0 Å². The molecule has 7 heteroatoms. The van der Waals surface area contributed by atoms with Crippen molar-refractivity contribution >= 4 is 29.4 Å². The van der Waals surface area contributed by atoms with Gasteiger partial charge in [0.2, 0.25) is 6.41 Å². The van der Waals surface area contributed by atoms with E-state index in [1.807, 2.05) is 49.3 Å². The Morgan fingerprint density at radius 3 is 2.42 bits per heavy atom. The number of rotatable bonds is 5. The van der Waals surface area contributed by atoms with Gasteiger partial charge in [-0.2, -0.15) is 0 Å². The Morgan fingerprint density at radius 1 is 1.12 bits per heavy atom. The van der Waals surface area contributed by atoms with Gasteiger partial charge in [-0.05, 0) is 30.3 Å². The molecule has 136 valence electrons. The van der Waals surface area contributed by atoms with Gasteiger partial charge in [0.15, 0.2) is 0 Å². The van der Waals surface area contributed by atoms with E-state index < -0.39 is 0 Å². The summed E-state index contributed by atoms with van der Waals surface area (Å²) in [5.41, 5.74) is 3.22. The van der Waals surface area contributed by atoms with Crippen LogP contribution in [0.15, 0.2) is 42.7 Å². The number of carbonyl (C=O) groups excluding carboxylic acids is 2. The highest BCUT2D eigenvalue weighted by molar-refractivity contribution is 6.04. The molecule has 2 amide bonds. The molecular formula is C19H23N5O2. The Bertz CT molecular complexity index is 768. The molecule has 0 saturated carbocycles. The number of anilines is 3. The lowest BCUT2D eigenvalue weighted by Gasteiger charge is -2.34. The van der Waals surface area contributed by atoms with E-state index >= 15 is 0 Å². The third-order valence-corrected chi connectivity index (χ3v) is 4.46. The summed E-state index contributed by atoms with van der Waals surface area (Å²) >= 11 is 0. The molecular weight excluding hydrogens is 330 g/mol. The minimum Gasteiger partial charge on any atom is -0.378 e. The lowest BCUT2D eigenvalue weighted by atomic mass is 10.2. The minimum atomic E-state index is -0.191. The SMILES string of the molecule is CN(C)c1ccc(NC(=O)c2cncc(N3CCN(C=O)CC3)c2)cc1. The maximum absolute atomic E-state index is 12.5. The van der Waals surface area contributed by atoms with Crippen LogP contribution < -0.4 is 15.1 Å². The number of hydrogen-bond donors (Lipinski definition) is 1. The number of carbonyl (C=O) groups is 2. The van der Waals surface area contributed by atoms with Gasteiger partial charge in [0, 0.05) is 57.8 Å². The van der Waals surface area contributed by atoms with Gasteiger partial charge in [-0.15, -0.1) is 0 Å². The van der Waals surface area contributed by atoms with Gasteiger partial charge >= 0.3 is 0 Å². The predicted octanol–water partition coefficient (Wildman–Crippen LogP) is 1.68. The van der Waals surface area contributed by atoms with Crippen LogP contribution in [0.25, 0.3) is 0 Å². The molecule has 0 aliphatic carbocycles. The number of pyridine rings is 1. The molecule has 0 radical (unpaired) electrons. The summed E-state index contributed by atoms with van der Waals surface area (Å²) in [5, 5.41) is 2.90. The summed E-state index contributed by atoms with van der Waals surface area (Å²) in [6.45, 7) is 2.82. The third-order valence-electron chi connectivity index (χ3n) is 4.46. The third kappa shape index (κ3) is 4.11. The smallest absolute Gasteiger partial charge is 0.257 e. The first-order chi connectivity index (χ1) is 12.6. The van der Waals surface area contributed by atoms with Crippen molar-refractivity contribution in [2.24, 2.45) is 0 Å². The second-order valence-electron chi connectivity index (χ2n) is 6.46. The molecule has 0 bridgehead atoms. The normalized spacial score (nSPS) is 14.1. The summed E-state index contributed by atoms with van der Waals surface area (Å²) in [4.78, 5) is 33.4. The highest BCUT2D eigenvalue weighted by atomic mass is 16.1. The standard InChI is InChI=1S/C19H23N5O2/c1-22(2)17-5-3-16(4-6-17)21-19(26)15-11-18(13-20-12-15)24-9-7-23(14-25)8-10-24/h3-6,11-14H,7-10H2,1-2H3,(H,21,26). The quantitative estimate of drug-likeness (QED) is 0.829. The van der Waals surface area contributed by atoms with Crippen LogP contribution >= 0.6 is 0 Å². The highest BCUT2D eigenvalue weighted by Gasteiger charge is 2.17. The molecule has 3 rings (SSSR count). The molecule has 26 heavy (non-hydrogen) atoms. The van der Waals surface area contributed by atoms with Crippen molar-refractivity contribution < 1.29 is 9.59 Å². The van der Waals surface area contributed by atoms with Crippen molar-refractivity contribution in [3.8, 4) is 0 Å². The van der Waals surface area contributed by atoms with E-state index in [2.05, 4.69) is 15.2 Å². The first-order valence-electron chi connectivity index (χ1n) is 8.55.